The third-order valence-electron chi connectivity index (χ3n) is 4.61. The summed E-state index contributed by atoms with van der Waals surface area (Å²) >= 11 is 1.52. The summed E-state index contributed by atoms with van der Waals surface area (Å²) in [6.07, 6.45) is 6.40. The molecule has 1 saturated carbocycles. The van der Waals surface area contributed by atoms with Crippen molar-refractivity contribution < 1.29 is 4.79 Å². The average Bonchev–Trinajstić information content (AvgIpc) is 3.14. The molecule has 1 aliphatic carbocycles. The molecule has 0 spiro atoms. The molecule has 1 aromatic heterocycles. The first-order chi connectivity index (χ1) is 10.1. The Morgan fingerprint density at radius 1 is 1.43 bits per heavy atom. The van der Waals surface area contributed by atoms with Gasteiger partial charge in [-0.15, -0.1) is 11.3 Å². The monoisotopic (exact) mass is 309 g/mol. The summed E-state index contributed by atoms with van der Waals surface area (Å²) in [6.45, 7) is 7.37. The molecule has 0 aliphatic heterocycles. The average molecular weight is 309 g/mol. The van der Waals surface area contributed by atoms with Gasteiger partial charge in [0.15, 0.2) is 5.13 Å². The molecule has 1 heterocycles. The minimum Gasteiger partial charge on any atom is -0.309 e. The van der Waals surface area contributed by atoms with E-state index in [2.05, 4.69) is 36.4 Å². The molecule has 1 fully saturated rings. The number of nitrogens with one attached hydrogen (secondary N) is 2. The van der Waals surface area contributed by atoms with Gasteiger partial charge in [-0.25, -0.2) is 4.98 Å². The van der Waals surface area contributed by atoms with Crippen LogP contribution in [0.25, 0.3) is 0 Å². The van der Waals surface area contributed by atoms with Crippen LogP contribution in [0.3, 0.4) is 0 Å². The summed E-state index contributed by atoms with van der Waals surface area (Å²) in [7, 11) is 0. The lowest BCUT2D eigenvalue weighted by atomic mass is 9.82. The van der Waals surface area contributed by atoms with Crippen LogP contribution in [0.15, 0.2) is 5.38 Å². The van der Waals surface area contributed by atoms with Crippen molar-refractivity contribution in [1.29, 1.82) is 0 Å². The van der Waals surface area contributed by atoms with Gasteiger partial charge in [-0.05, 0) is 39.2 Å². The Morgan fingerprint density at radius 2 is 2.14 bits per heavy atom. The Hall–Kier alpha value is -0.940. The van der Waals surface area contributed by atoms with Crippen LogP contribution in [0, 0.1) is 5.41 Å². The molecule has 1 amide bonds. The molecule has 1 atom stereocenters. The highest BCUT2D eigenvalue weighted by Gasteiger charge is 2.39. The topological polar surface area (TPSA) is 54.0 Å². The van der Waals surface area contributed by atoms with Crippen LogP contribution in [0.4, 0.5) is 5.13 Å². The lowest BCUT2D eigenvalue weighted by molar-refractivity contribution is -0.125. The third kappa shape index (κ3) is 3.83. The van der Waals surface area contributed by atoms with Gasteiger partial charge in [-0.3, -0.25) is 4.79 Å². The molecule has 1 unspecified atom stereocenters. The fourth-order valence-corrected chi connectivity index (χ4v) is 3.83. The van der Waals surface area contributed by atoms with Gasteiger partial charge in [0, 0.05) is 16.8 Å². The Labute approximate surface area is 131 Å². The number of aromatic nitrogens is 1. The zero-order chi connectivity index (χ0) is 15.3. The van der Waals surface area contributed by atoms with Gasteiger partial charge in [0.2, 0.25) is 5.91 Å². The van der Waals surface area contributed by atoms with E-state index in [4.69, 9.17) is 0 Å². The SMILES string of the molecule is CCCNC(C)c1csc(NC(=O)C2(CC)CCCC2)n1. The summed E-state index contributed by atoms with van der Waals surface area (Å²) in [4.78, 5) is 17.1. The molecule has 0 aromatic carbocycles. The van der Waals surface area contributed by atoms with E-state index < -0.39 is 0 Å². The van der Waals surface area contributed by atoms with Gasteiger partial charge >= 0.3 is 0 Å². The summed E-state index contributed by atoms with van der Waals surface area (Å²) in [5, 5.41) is 9.24. The second-order valence-electron chi connectivity index (χ2n) is 6.05. The van der Waals surface area contributed by atoms with Gasteiger partial charge in [0.25, 0.3) is 0 Å². The normalized spacial score (nSPS) is 18.6. The van der Waals surface area contributed by atoms with Crippen LogP contribution in [-0.4, -0.2) is 17.4 Å². The lowest BCUT2D eigenvalue weighted by Gasteiger charge is -2.25. The Morgan fingerprint density at radius 3 is 2.76 bits per heavy atom. The van der Waals surface area contributed by atoms with Crippen LogP contribution >= 0.6 is 11.3 Å². The zero-order valence-electron chi connectivity index (χ0n) is 13.4. The molecule has 0 radical (unpaired) electrons. The molecule has 4 nitrogen and oxygen atoms in total. The summed E-state index contributed by atoms with van der Waals surface area (Å²) in [5.74, 6) is 0.164. The second kappa shape index (κ2) is 7.36. The van der Waals surface area contributed by atoms with E-state index in [0.717, 1.165) is 43.1 Å². The molecule has 5 heteroatoms. The largest absolute Gasteiger partial charge is 0.309 e. The number of rotatable bonds is 7. The predicted molar refractivity (Wildman–Crippen MR) is 88.6 cm³/mol. The number of carbonyl (C=O) groups excluding carboxylic acids is 1. The Balaban J connectivity index is 1.97. The van der Waals surface area contributed by atoms with Gasteiger partial charge in [0.1, 0.15) is 0 Å². The summed E-state index contributed by atoms with van der Waals surface area (Å²) < 4.78 is 0. The number of amides is 1. The number of hydrogen-bond acceptors (Lipinski definition) is 4. The number of anilines is 1. The van der Waals surface area contributed by atoms with E-state index in [1.807, 2.05) is 5.38 Å². The van der Waals surface area contributed by atoms with Crippen molar-refractivity contribution in [3.8, 4) is 0 Å². The van der Waals surface area contributed by atoms with Crippen molar-refractivity contribution >= 4 is 22.4 Å². The fraction of sp³-hybridized carbons (Fsp3) is 0.750. The second-order valence-corrected chi connectivity index (χ2v) is 6.91. The molecule has 118 valence electrons. The van der Waals surface area contributed by atoms with E-state index in [0.29, 0.717) is 0 Å². The molecule has 21 heavy (non-hydrogen) atoms. The van der Waals surface area contributed by atoms with E-state index in [9.17, 15) is 4.79 Å². The predicted octanol–water partition coefficient (Wildman–Crippen LogP) is 4.11. The lowest BCUT2D eigenvalue weighted by Crippen LogP contribution is -2.33. The molecular weight excluding hydrogens is 282 g/mol. The zero-order valence-corrected chi connectivity index (χ0v) is 14.2. The smallest absolute Gasteiger partial charge is 0.232 e. The maximum atomic E-state index is 12.6. The van der Waals surface area contributed by atoms with Gasteiger partial charge in [0.05, 0.1) is 5.69 Å². The standard InChI is InChI=1S/C16H27N3OS/c1-4-10-17-12(3)13-11-21-15(18-13)19-14(20)16(5-2)8-6-7-9-16/h11-12,17H,4-10H2,1-3H3,(H,18,19,20). The number of hydrogen-bond donors (Lipinski definition) is 2. The van der Waals surface area contributed by atoms with Crippen LogP contribution < -0.4 is 10.6 Å². The van der Waals surface area contributed by atoms with E-state index >= 15 is 0 Å². The molecule has 2 N–H and O–H groups in total. The van der Waals surface area contributed by atoms with Crippen LogP contribution in [0.5, 0.6) is 0 Å². The van der Waals surface area contributed by atoms with Crippen molar-refractivity contribution in [2.45, 2.75) is 65.3 Å². The molecule has 0 bridgehead atoms. The number of nitrogens with zero attached hydrogens (tertiary/aromatic N) is 1. The quantitative estimate of drug-likeness (QED) is 0.797. The highest BCUT2D eigenvalue weighted by molar-refractivity contribution is 7.13. The Bertz CT molecular complexity index is 466. The maximum Gasteiger partial charge on any atom is 0.232 e. The first-order valence-corrected chi connectivity index (χ1v) is 8.99. The molecular formula is C16H27N3OS. The minimum atomic E-state index is -0.155. The van der Waals surface area contributed by atoms with Crippen molar-refractivity contribution in [1.82, 2.24) is 10.3 Å². The fourth-order valence-electron chi connectivity index (χ4n) is 3.03. The van der Waals surface area contributed by atoms with Gasteiger partial charge < -0.3 is 10.6 Å². The van der Waals surface area contributed by atoms with Gasteiger partial charge in [-0.2, -0.15) is 0 Å². The summed E-state index contributed by atoms with van der Waals surface area (Å²) in [5.41, 5.74) is 0.860. The van der Waals surface area contributed by atoms with E-state index in [1.165, 1.54) is 24.2 Å². The first kappa shape index (κ1) is 16.4. The molecule has 1 aliphatic rings. The van der Waals surface area contributed by atoms with E-state index in [1.54, 1.807) is 0 Å². The summed E-state index contributed by atoms with van der Waals surface area (Å²) in [6, 6.07) is 0.235. The molecule has 0 saturated heterocycles. The van der Waals surface area contributed by atoms with Crippen molar-refractivity contribution in [2.24, 2.45) is 5.41 Å². The molecule has 1 aromatic rings. The minimum absolute atomic E-state index is 0.155. The number of carbonyl (C=O) groups is 1. The van der Waals surface area contributed by atoms with Crippen LogP contribution in [-0.2, 0) is 4.79 Å². The highest BCUT2D eigenvalue weighted by Crippen LogP contribution is 2.42. The highest BCUT2D eigenvalue weighted by atomic mass is 32.1. The van der Waals surface area contributed by atoms with Crippen molar-refractivity contribution in [3.05, 3.63) is 11.1 Å². The van der Waals surface area contributed by atoms with Crippen LogP contribution in [0.2, 0.25) is 0 Å². The number of thiazole rings is 1. The first-order valence-electron chi connectivity index (χ1n) is 8.11. The molecule has 2 rings (SSSR count). The van der Waals surface area contributed by atoms with Gasteiger partial charge in [-0.1, -0.05) is 26.7 Å². The van der Waals surface area contributed by atoms with Crippen molar-refractivity contribution in [3.63, 3.8) is 0 Å². The maximum absolute atomic E-state index is 12.6. The van der Waals surface area contributed by atoms with Crippen molar-refractivity contribution in [2.75, 3.05) is 11.9 Å². The van der Waals surface area contributed by atoms with E-state index in [-0.39, 0.29) is 17.4 Å². The Kier molecular flexibility index (Phi) is 5.76. The third-order valence-corrected chi connectivity index (χ3v) is 5.38. The van der Waals surface area contributed by atoms with Crippen LogP contribution in [0.1, 0.15) is 71.0 Å².